The Morgan fingerprint density at radius 2 is 1.61 bits per heavy atom. The minimum Gasteiger partial charge on any atom is -0.381 e. The molecule has 3 heteroatoms. The molecule has 0 aliphatic rings. The van der Waals surface area contributed by atoms with Gasteiger partial charge in [-0.3, -0.25) is 0 Å². The van der Waals surface area contributed by atoms with Gasteiger partial charge in [0, 0.05) is 18.3 Å². The van der Waals surface area contributed by atoms with Crippen LogP contribution in [0, 0.1) is 0 Å². The fraction of sp³-hybridized carbons (Fsp3) is 0.200. The second kappa shape index (κ2) is 7.04. The standard InChI is InChI=1S/C15H18N2.ClH/c1-12(16)14-7-9-15(10-8-14)17-11-13-5-3-2-4-6-13;/h2-10,12,17H,11,16H2,1H3;1H/t12-;/m1./s1. The minimum absolute atomic E-state index is 0. The van der Waals surface area contributed by atoms with Gasteiger partial charge in [-0.2, -0.15) is 0 Å². The molecule has 0 unspecified atom stereocenters. The maximum Gasteiger partial charge on any atom is 0.0400 e. The molecule has 2 aromatic carbocycles. The zero-order valence-electron chi connectivity index (χ0n) is 10.5. The van der Waals surface area contributed by atoms with Gasteiger partial charge in [-0.15, -0.1) is 12.4 Å². The van der Waals surface area contributed by atoms with E-state index >= 15 is 0 Å². The molecule has 0 bridgehead atoms. The van der Waals surface area contributed by atoms with E-state index in [-0.39, 0.29) is 18.4 Å². The van der Waals surface area contributed by atoms with Crippen LogP contribution in [0.15, 0.2) is 54.6 Å². The van der Waals surface area contributed by atoms with Crippen LogP contribution in [-0.4, -0.2) is 0 Å². The van der Waals surface area contributed by atoms with Crippen LogP contribution in [0.5, 0.6) is 0 Å². The molecule has 0 fully saturated rings. The lowest BCUT2D eigenvalue weighted by Gasteiger charge is -2.09. The van der Waals surface area contributed by atoms with E-state index in [0.29, 0.717) is 0 Å². The van der Waals surface area contributed by atoms with Gasteiger partial charge >= 0.3 is 0 Å². The quantitative estimate of drug-likeness (QED) is 0.881. The summed E-state index contributed by atoms with van der Waals surface area (Å²) in [6.07, 6.45) is 0. The summed E-state index contributed by atoms with van der Waals surface area (Å²) >= 11 is 0. The lowest BCUT2D eigenvalue weighted by atomic mass is 10.1. The summed E-state index contributed by atoms with van der Waals surface area (Å²) in [7, 11) is 0. The van der Waals surface area contributed by atoms with Crippen molar-refractivity contribution in [3.63, 3.8) is 0 Å². The smallest absolute Gasteiger partial charge is 0.0400 e. The van der Waals surface area contributed by atoms with Crippen LogP contribution in [0.2, 0.25) is 0 Å². The van der Waals surface area contributed by atoms with E-state index in [1.54, 1.807) is 0 Å². The highest BCUT2D eigenvalue weighted by Crippen LogP contribution is 2.14. The normalized spacial score (nSPS) is 11.4. The van der Waals surface area contributed by atoms with E-state index in [9.17, 15) is 0 Å². The Balaban J connectivity index is 0.00000162. The number of anilines is 1. The van der Waals surface area contributed by atoms with E-state index < -0.39 is 0 Å². The van der Waals surface area contributed by atoms with E-state index in [1.165, 1.54) is 5.56 Å². The van der Waals surface area contributed by atoms with Gasteiger partial charge in [-0.05, 0) is 30.2 Å². The minimum atomic E-state index is 0. The van der Waals surface area contributed by atoms with E-state index in [2.05, 4.69) is 53.8 Å². The van der Waals surface area contributed by atoms with Crippen molar-refractivity contribution >= 4 is 18.1 Å². The first kappa shape index (κ1) is 14.6. The van der Waals surface area contributed by atoms with Gasteiger partial charge in [0.05, 0.1) is 0 Å². The van der Waals surface area contributed by atoms with Gasteiger partial charge in [0.1, 0.15) is 0 Å². The molecule has 0 spiro atoms. The SMILES string of the molecule is C[C@@H](N)c1ccc(NCc2ccccc2)cc1.Cl. The van der Waals surface area contributed by atoms with Crippen molar-refractivity contribution in [1.29, 1.82) is 0 Å². The van der Waals surface area contributed by atoms with Crippen LogP contribution in [0.1, 0.15) is 24.1 Å². The Bertz CT molecular complexity index is 452. The first-order chi connectivity index (χ1) is 8.25. The van der Waals surface area contributed by atoms with Crippen molar-refractivity contribution in [1.82, 2.24) is 0 Å². The third kappa shape index (κ3) is 4.06. The topological polar surface area (TPSA) is 38.0 Å². The van der Waals surface area contributed by atoms with E-state index in [1.807, 2.05) is 13.0 Å². The first-order valence-corrected chi connectivity index (χ1v) is 5.89. The summed E-state index contributed by atoms with van der Waals surface area (Å²) in [6.45, 7) is 2.84. The molecule has 18 heavy (non-hydrogen) atoms. The van der Waals surface area contributed by atoms with Crippen LogP contribution < -0.4 is 11.1 Å². The highest BCUT2D eigenvalue weighted by Gasteiger charge is 1.98. The number of nitrogens with two attached hydrogens (primary N) is 1. The summed E-state index contributed by atoms with van der Waals surface area (Å²) in [4.78, 5) is 0. The monoisotopic (exact) mass is 262 g/mol. The lowest BCUT2D eigenvalue weighted by molar-refractivity contribution is 0.818. The predicted octanol–water partition coefficient (Wildman–Crippen LogP) is 3.74. The zero-order chi connectivity index (χ0) is 12.1. The summed E-state index contributed by atoms with van der Waals surface area (Å²) in [6, 6.07) is 18.7. The Labute approximate surface area is 115 Å². The average molecular weight is 263 g/mol. The van der Waals surface area contributed by atoms with Gasteiger partial charge in [0.15, 0.2) is 0 Å². The molecule has 0 saturated heterocycles. The number of nitrogens with one attached hydrogen (secondary N) is 1. The molecule has 2 rings (SSSR count). The van der Waals surface area contributed by atoms with Gasteiger partial charge in [-0.1, -0.05) is 42.5 Å². The Morgan fingerprint density at radius 1 is 1.00 bits per heavy atom. The Kier molecular flexibility index (Phi) is 5.69. The molecular formula is C15H19ClN2. The third-order valence-electron chi connectivity index (χ3n) is 2.78. The van der Waals surface area contributed by atoms with E-state index in [4.69, 9.17) is 5.73 Å². The number of hydrogen-bond donors (Lipinski definition) is 2. The fourth-order valence-corrected chi connectivity index (χ4v) is 1.70. The van der Waals surface area contributed by atoms with Crippen molar-refractivity contribution in [2.24, 2.45) is 5.73 Å². The average Bonchev–Trinajstić information content (AvgIpc) is 2.38. The van der Waals surface area contributed by atoms with Gasteiger partial charge in [0.25, 0.3) is 0 Å². The number of hydrogen-bond acceptors (Lipinski definition) is 2. The summed E-state index contributed by atoms with van der Waals surface area (Å²) < 4.78 is 0. The third-order valence-corrected chi connectivity index (χ3v) is 2.78. The molecular weight excluding hydrogens is 244 g/mol. The molecule has 2 nitrogen and oxygen atoms in total. The second-order valence-corrected chi connectivity index (χ2v) is 4.25. The van der Waals surface area contributed by atoms with Gasteiger partial charge in [0.2, 0.25) is 0 Å². The highest BCUT2D eigenvalue weighted by molar-refractivity contribution is 5.85. The Hall–Kier alpha value is -1.51. The van der Waals surface area contributed by atoms with Crippen molar-refractivity contribution < 1.29 is 0 Å². The van der Waals surface area contributed by atoms with Crippen LogP contribution in [0.4, 0.5) is 5.69 Å². The summed E-state index contributed by atoms with van der Waals surface area (Å²) in [5, 5.41) is 3.39. The van der Waals surface area contributed by atoms with Gasteiger partial charge in [-0.25, -0.2) is 0 Å². The maximum absolute atomic E-state index is 5.81. The fourth-order valence-electron chi connectivity index (χ4n) is 1.70. The van der Waals surface area contributed by atoms with Crippen molar-refractivity contribution in [2.45, 2.75) is 19.5 Å². The molecule has 0 amide bonds. The lowest BCUT2D eigenvalue weighted by Crippen LogP contribution is -2.05. The molecule has 0 aliphatic heterocycles. The molecule has 1 atom stereocenters. The summed E-state index contributed by atoms with van der Waals surface area (Å²) in [5.74, 6) is 0. The maximum atomic E-state index is 5.81. The zero-order valence-corrected chi connectivity index (χ0v) is 11.3. The molecule has 0 radical (unpaired) electrons. The van der Waals surface area contributed by atoms with Gasteiger partial charge < -0.3 is 11.1 Å². The van der Waals surface area contributed by atoms with Crippen LogP contribution >= 0.6 is 12.4 Å². The van der Waals surface area contributed by atoms with Crippen molar-refractivity contribution in [3.8, 4) is 0 Å². The first-order valence-electron chi connectivity index (χ1n) is 5.89. The van der Waals surface area contributed by atoms with Crippen LogP contribution in [-0.2, 0) is 6.54 Å². The van der Waals surface area contributed by atoms with Crippen molar-refractivity contribution in [2.75, 3.05) is 5.32 Å². The predicted molar refractivity (Wildman–Crippen MR) is 80.1 cm³/mol. The molecule has 0 aromatic heterocycles. The molecule has 0 saturated carbocycles. The van der Waals surface area contributed by atoms with E-state index in [0.717, 1.165) is 17.8 Å². The van der Waals surface area contributed by atoms with Crippen LogP contribution in [0.3, 0.4) is 0 Å². The molecule has 0 aliphatic carbocycles. The largest absolute Gasteiger partial charge is 0.381 e. The number of benzene rings is 2. The molecule has 3 N–H and O–H groups in total. The van der Waals surface area contributed by atoms with Crippen molar-refractivity contribution in [3.05, 3.63) is 65.7 Å². The Morgan fingerprint density at radius 3 is 2.17 bits per heavy atom. The summed E-state index contributed by atoms with van der Waals surface area (Å²) in [5.41, 5.74) is 9.38. The number of halogens is 1. The number of rotatable bonds is 4. The second-order valence-electron chi connectivity index (χ2n) is 4.25. The molecule has 2 aromatic rings. The molecule has 96 valence electrons. The highest BCUT2D eigenvalue weighted by atomic mass is 35.5. The van der Waals surface area contributed by atoms with Crippen LogP contribution in [0.25, 0.3) is 0 Å². The molecule has 0 heterocycles.